The van der Waals surface area contributed by atoms with Crippen LogP contribution in [0, 0.1) is 0 Å². The summed E-state index contributed by atoms with van der Waals surface area (Å²) in [5, 5.41) is 9.25. The van der Waals surface area contributed by atoms with Gasteiger partial charge in [0.1, 0.15) is 0 Å². The van der Waals surface area contributed by atoms with Crippen molar-refractivity contribution in [1.82, 2.24) is 20.4 Å². The van der Waals surface area contributed by atoms with Gasteiger partial charge < -0.3 is 10.1 Å². The molecule has 0 aliphatic rings. The molecular weight excluding hydrogens is 388 g/mol. The van der Waals surface area contributed by atoms with Gasteiger partial charge in [-0.15, -0.1) is 0 Å². The number of esters is 1. The number of rotatable bonds is 5. The lowest BCUT2D eigenvalue weighted by Crippen LogP contribution is -2.44. The molecule has 9 nitrogen and oxygen atoms in total. The van der Waals surface area contributed by atoms with Crippen molar-refractivity contribution in [2.75, 3.05) is 0 Å². The summed E-state index contributed by atoms with van der Waals surface area (Å²) in [6.07, 6.45) is -1.25. The van der Waals surface area contributed by atoms with Crippen LogP contribution in [-0.2, 0) is 23.1 Å². The van der Waals surface area contributed by atoms with E-state index in [1.54, 1.807) is 24.3 Å². The second-order valence-electron chi connectivity index (χ2n) is 6.53. The van der Waals surface area contributed by atoms with E-state index < -0.39 is 24.0 Å². The summed E-state index contributed by atoms with van der Waals surface area (Å²) in [5.74, 6) is -1.67. The van der Waals surface area contributed by atoms with E-state index in [1.807, 2.05) is 30.3 Å². The quantitative estimate of drug-likeness (QED) is 0.618. The number of nitrogens with one attached hydrogen (secondary N) is 2. The topological polar surface area (TPSA) is 119 Å². The molecule has 0 saturated carbocycles. The van der Waals surface area contributed by atoms with Gasteiger partial charge >= 0.3 is 12.0 Å². The molecule has 1 aromatic heterocycles. The molecule has 1 atom stereocenters. The highest BCUT2D eigenvalue weighted by molar-refractivity contribution is 6.03. The van der Waals surface area contributed by atoms with Gasteiger partial charge in [0, 0.05) is 19.0 Å². The van der Waals surface area contributed by atoms with Gasteiger partial charge in [-0.1, -0.05) is 48.5 Å². The van der Waals surface area contributed by atoms with Crippen molar-refractivity contribution in [2.45, 2.75) is 19.6 Å². The third-order valence-corrected chi connectivity index (χ3v) is 4.34. The third kappa shape index (κ3) is 4.69. The van der Waals surface area contributed by atoms with Gasteiger partial charge in [0.25, 0.3) is 11.5 Å². The van der Waals surface area contributed by atoms with E-state index in [4.69, 9.17) is 4.74 Å². The second kappa shape index (κ2) is 8.99. The minimum atomic E-state index is -1.25. The second-order valence-corrected chi connectivity index (χ2v) is 6.53. The first-order valence-corrected chi connectivity index (χ1v) is 9.16. The van der Waals surface area contributed by atoms with Crippen molar-refractivity contribution in [3.63, 3.8) is 0 Å². The zero-order chi connectivity index (χ0) is 21.7. The highest BCUT2D eigenvalue weighted by atomic mass is 16.5. The normalized spacial score (nSPS) is 11.5. The number of ether oxygens (including phenoxy) is 1. The molecule has 2 N–H and O–H groups in total. The number of carbonyl (C=O) groups is 3. The van der Waals surface area contributed by atoms with Crippen LogP contribution in [0.25, 0.3) is 10.8 Å². The lowest BCUT2D eigenvalue weighted by molar-refractivity contribution is -0.127. The van der Waals surface area contributed by atoms with Crippen molar-refractivity contribution in [1.29, 1.82) is 0 Å². The molecule has 0 fully saturated rings. The van der Waals surface area contributed by atoms with Gasteiger partial charge in [0.2, 0.25) is 0 Å². The van der Waals surface area contributed by atoms with Gasteiger partial charge in [0.05, 0.1) is 5.39 Å². The maximum Gasteiger partial charge on any atom is 0.360 e. The monoisotopic (exact) mass is 408 g/mol. The molecule has 0 aliphatic carbocycles. The van der Waals surface area contributed by atoms with E-state index in [2.05, 4.69) is 15.7 Å². The Kier molecular flexibility index (Phi) is 6.21. The largest absolute Gasteiger partial charge is 0.448 e. The number of aryl methyl sites for hydroxylation is 1. The van der Waals surface area contributed by atoms with Gasteiger partial charge in [-0.05, 0) is 18.6 Å². The van der Waals surface area contributed by atoms with E-state index in [0.717, 1.165) is 10.2 Å². The predicted molar refractivity (Wildman–Crippen MR) is 109 cm³/mol. The van der Waals surface area contributed by atoms with E-state index in [0.29, 0.717) is 10.8 Å². The van der Waals surface area contributed by atoms with E-state index in [-0.39, 0.29) is 17.8 Å². The molecule has 3 rings (SSSR count). The summed E-state index contributed by atoms with van der Waals surface area (Å²) in [5.41, 5.74) is 0.413. The van der Waals surface area contributed by atoms with Crippen LogP contribution >= 0.6 is 0 Å². The lowest BCUT2D eigenvalue weighted by Gasteiger charge is -2.14. The predicted octanol–water partition coefficient (Wildman–Crippen LogP) is 1.50. The third-order valence-electron chi connectivity index (χ3n) is 4.34. The summed E-state index contributed by atoms with van der Waals surface area (Å²) < 4.78 is 6.18. The van der Waals surface area contributed by atoms with Crippen molar-refractivity contribution in [2.24, 2.45) is 7.05 Å². The number of hydrogen-bond acceptors (Lipinski definition) is 6. The zero-order valence-electron chi connectivity index (χ0n) is 16.4. The fraction of sp³-hybridized carbons (Fsp3) is 0.190. The Bertz CT molecular complexity index is 1160. The Morgan fingerprint density at radius 2 is 1.67 bits per heavy atom. The molecule has 3 aromatic rings. The summed E-state index contributed by atoms with van der Waals surface area (Å²) in [7, 11) is 1.42. The van der Waals surface area contributed by atoms with Crippen LogP contribution in [0.1, 0.15) is 23.0 Å². The Morgan fingerprint density at radius 1 is 1.03 bits per heavy atom. The van der Waals surface area contributed by atoms with Gasteiger partial charge in [-0.2, -0.15) is 5.10 Å². The Balaban J connectivity index is 1.63. The van der Waals surface area contributed by atoms with Crippen molar-refractivity contribution in [3.05, 3.63) is 76.2 Å². The molecule has 0 aliphatic heterocycles. The lowest BCUT2D eigenvalue weighted by atomic mass is 10.1. The average molecular weight is 408 g/mol. The SMILES string of the molecule is C[C@@H](OC(=O)c1nn(C)c(=O)c2ccccc12)C(=O)NC(=O)NCc1ccccc1. The first-order chi connectivity index (χ1) is 14.4. The molecule has 0 saturated heterocycles. The van der Waals surface area contributed by atoms with Gasteiger partial charge in [-0.3, -0.25) is 14.9 Å². The smallest absolute Gasteiger partial charge is 0.360 e. The maximum absolute atomic E-state index is 12.6. The minimum Gasteiger partial charge on any atom is -0.448 e. The van der Waals surface area contributed by atoms with Crippen LogP contribution in [0.2, 0.25) is 0 Å². The number of imide groups is 1. The van der Waals surface area contributed by atoms with Gasteiger partial charge in [-0.25, -0.2) is 14.3 Å². The number of amides is 3. The van der Waals surface area contributed by atoms with Crippen LogP contribution in [0.5, 0.6) is 0 Å². The van der Waals surface area contributed by atoms with Crippen molar-refractivity contribution < 1.29 is 19.1 Å². The molecule has 154 valence electrons. The molecule has 2 aromatic carbocycles. The van der Waals surface area contributed by atoms with Crippen LogP contribution in [0.15, 0.2) is 59.4 Å². The summed E-state index contributed by atoms with van der Waals surface area (Å²) in [6.45, 7) is 1.57. The Hall–Kier alpha value is -4.01. The summed E-state index contributed by atoms with van der Waals surface area (Å²) >= 11 is 0. The van der Waals surface area contributed by atoms with Crippen LogP contribution in [0.3, 0.4) is 0 Å². The fourth-order valence-electron chi connectivity index (χ4n) is 2.76. The van der Waals surface area contributed by atoms with Gasteiger partial charge in [0.15, 0.2) is 11.8 Å². The first-order valence-electron chi connectivity index (χ1n) is 9.16. The number of fused-ring (bicyclic) bond motifs is 1. The number of aromatic nitrogens is 2. The molecule has 0 spiro atoms. The van der Waals surface area contributed by atoms with E-state index >= 15 is 0 Å². The number of benzene rings is 2. The summed E-state index contributed by atoms with van der Waals surface area (Å²) in [6, 6.07) is 14.9. The zero-order valence-corrected chi connectivity index (χ0v) is 16.4. The molecule has 0 unspecified atom stereocenters. The first kappa shape index (κ1) is 20.7. The average Bonchev–Trinajstić information content (AvgIpc) is 2.75. The molecule has 3 amide bonds. The highest BCUT2D eigenvalue weighted by Crippen LogP contribution is 2.14. The van der Waals surface area contributed by atoms with Crippen LogP contribution in [-0.4, -0.2) is 33.8 Å². The fourth-order valence-corrected chi connectivity index (χ4v) is 2.76. The number of hydrogen-bond donors (Lipinski definition) is 2. The van der Waals surface area contributed by atoms with Crippen LogP contribution in [0.4, 0.5) is 4.79 Å². The van der Waals surface area contributed by atoms with E-state index in [1.165, 1.54) is 14.0 Å². The van der Waals surface area contributed by atoms with Crippen molar-refractivity contribution in [3.8, 4) is 0 Å². The Morgan fingerprint density at radius 3 is 2.37 bits per heavy atom. The summed E-state index contributed by atoms with van der Waals surface area (Å²) in [4.78, 5) is 48.8. The minimum absolute atomic E-state index is 0.0964. The van der Waals surface area contributed by atoms with Crippen LogP contribution < -0.4 is 16.2 Å². The highest BCUT2D eigenvalue weighted by Gasteiger charge is 2.24. The molecule has 9 heteroatoms. The number of nitrogens with zero attached hydrogens (tertiary/aromatic N) is 2. The number of carbonyl (C=O) groups excluding carboxylic acids is 3. The molecular formula is C21H20N4O5. The van der Waals surface area contributed by atoms with Crippen molar-refractivity contribution >= 4 is 28.7 Å². The molecule has 0 bridgehead atoms. The molecule has 30 heavy (non-hydrogen) atoms. The maximum atomic E-state index is 12.6. The standard InChI is InChI=1S/C21H20N4O5/c1-13(18(26)23-21(29)22-12-14-8-4-3-5-9-14)30-20(28)17-15-10-6-7-11-16(15)19(27)25(2)24-17/h3-11,13H,12H2,1-2H3,(H2,22,23,26,29)/t13-/m1/s1. The Labute approximate surface area is 171 Å². The van der Waals surface area contributed by atoms with E-state index in [9.17, 15) is 19.2 Å². The molecule has 1 heterocycles. The molecule has 0 radical (unpaired) electrons. The number of urea groups is 1.